The molecule has 7 nitrogen and oxygen atoms in total. The van der Waals surface area contributed by atoms with E-state index in [-0.39, 0.29) is 18.4 Å². The first-order valence-corrected chi connectivity index (χ1v) is 7.18. The predicted octanol–water partition coefficient (Wildman–Crippen LogP) is 2.21. The van der Waals surface area contributed by atoms with Crippen molar-refractivity contribution in [3.05, 3.63) is 54.0 Å². The smallest absolute Gasteiger partial charge is 0.333 e. The molecule has 0 saturated carbocycles. The molecule has 3 N–H and O–H groups in total. The molecule has 0 saturated heterocycles. The van der Waals surface area contributed by atoms with Crippen LogP contribution in [-0.4, -0.2) is 18.0 Å². The van der Waals surface area contributed by atoms with Crippen LogP contribution in [0.4, 0.5) is 4.79 Å². The van der Waals surface area contributed by atoms with Gasteiger partial charge in [-0.2, -0.15) is 0 Å². The summed E-state index contributed by atoms with van der Waals surface area (Å²) in [6.45, 7) is 3.83. The number of furan rings is 1. The van der Waals surface area contributed by atoms with Crippen molar-refractivity contribution >= 4 is 11.9 Å². The van der Waals surface area contributed by atoms with Crippen LogP contribution in [0.25, 0.3) is 0 Å². The molecule has 122 valence electrons. The summed E-state index contributed by atoms with van der Waals surface area (Å²) in [5, 5.41) is 2.58. The third kappa shape index (κ3) is 5.39. The molecule has 0 spiro atoms. The van der Waals surface area contributed by atoms with Gasteiger partial charge in [-0.1, -0.05) is 18.2 Å². The van der Waals surface area contributed by atoms with Gasteiger partial charge in [-0.15, -0.1) is 0 Å². The molecule has 0 bridgehead atoms. The zero-order valence-electron chi connectivity index (χ0n) is 13.0. The van der Waals surface area contributed by atoms with E-state index in [2.05, 4.69) is 16.2 Å². The molecule has 0 aliphatic heterocycles. The number of urea groups is 1. The highest BCUT2D eigenvalue weighted by atomic mass is 16.5. The lowest BCUT2D eigenvalue weighted by molar-refractivity contribution is 0.0904. The third-order valence-electron chi connectivity index (χ3n) is 2.72. The highest BCUT2D eigenvalue weighted by molar-refractivity contribution is 5.92. The monoisotopic (exact) mass is 317 g/mol. The minimum absolute atomic E-state index is 0.0303. The number of hydrazine groups is 1. The molecule has 7 heteroatoms. The molecule has 0 aliphatic carbocycles. The maximum Gasteiger partial charge on any atom is 0.333 e. The summed E-state index contributed by atoms with van der Waals surface area (Å²) in [7, 11) is 0. The molecule has 1 aromatic heterocycles. The highest BCUT2D eigenvalue weighted by Crippen LogP contribution is 2.13. The van der Waals surface area contributed by atoms with Crippen molar-refractivity contribution in [2.75, 3.05) is 0 Å². The fourth-order valence-electron chi connectivity index (χ4n) is 1.72. The van der Waals surface area contributed by atoms with Crippen LogP contribution in [0.15, 0.2) is 46.9 Å². The van der Waals surface area contributed by atoms with E-state index in [1.54, 1.807) is 6.07 Å². The Morgan fingerprint density at radius 2 is 1.83 bits per heavy atom. The van der Waals surface area contributed by atoms with Crippen LogP contribution in [0.3, 0.4) is 0 Å². The fraction of sp³-hybridized carbons (Fsp3) is 0.250. The number of amides is 3. The number of carbonyl (C=O) groups excluding carboxylic acids is 2. The van der Waals surface area contributed by atoms with E-state index in [1.165, 1.54) is 6.07 Å². The van der Waals surface area contributed by atoms with E-state index >= 15 is 0 Å². The summed E-state index contributed by atoms with van der Waals surface area (Å²) in [5.74, 6) is 0.754. The maximum atomic E-state index is 11.8. The standard InChI is InChI=1S/C16H19N3O4/c1-11(2)17-16(21)19-18-15(20)14-9-8-13(23-14)10-22-12-6-4-3-5-7-12/h3-9,11H,10H2,1-2H3,(H,18,20)(H2,17,19,21). The van der Waals surface area contributed by atoms with Gasteiger partial charge in [-0.25, -0.2) is 10.2 Å². The Morgan fingerprint density at radius 3 is 2.52 bits per heavy atom. The Balaban J connectivity index is 1.81. The van der Waals surface area contributed by atoms with Gasteiger partial charge < -0.3 is 14.5 Å². The van der Waals surface area contributed by atoms with Crippen molar-refractivity contribution in [3.63, 3.8) is 0 Å². The van der Waals surface area contributed by atoms with Gasteiger partial charge in [0.25, 0.3) is 0 Å². The summed E-state index contributed by atoms with van der Waals surface area (Å²) in [4.78, 5) is 23.2. The van der Waals surface area contributed by atoms with Crippen molar-refractivity contribution in [1.82, 2.24) is 16.2 Å². The molecule has 0 aliphatic rings. The van der Waals surface area contributed by atoms with E-state index in [4.69, 9.17) is 9.15 Å². The number of hydrogen-bond donors (Lipinski definition) is 3. The van der Waals surface area contributed by atoms with Gasteiger partial charge in [0.1, 0.15) is 18.1 Å². The number of hydrogen-bond acceptors (Lipinski definition) is 4. The van der Waals surface area contributed by atoms with Gasteiger partial charge >= 0.3 is 11.9 Å². The molecule has 3 amide bonds. The lowest BCUT2D eigenvalue weighted by Gasteiger charge is -2.10. The van der Waals surface area contributed by atoms with Crippen LogP contribution in [0.5, 0.6) is 5.75 Å². The van der Waals surface area contributed by atoms with Crippen molar-refractivity contribution in [3.8, 4) is 5.75 Å². The first kappa shape index (κ1) is 16.4. The van der Waals surface area contributed by atoms with Crippen LogP contribution in [-0.2, 0) is 6.61 Å². The molecular weight excluding hydrogens is 298 g/mol. The molecule has 23 heavy (non-hydrogen) atoms. The minimum atomic E-state index is -0.546. The van der Waals surface area contributed by atoms with E-state index in [0.29, 0.717) is 11.5 Å². The zero-order valence-corrected chi connectivity index (χ0v) is 13.0. The van der Waals surface area contributed by atoms with Crippen molar-refractivity contribution in [1.29, 1.82) is 0 Å². The average molecular weight is 317 g/mol. The normalized spacial score (nSPS) is 10.2. The number of ether oxygens (including phenoxy) is 1. The number of para-hydroxylation sites is 1. The lowest BCUT2D eigenvalue weighted by Crippen LogP contribution is -2.48. The molecule has 1 heterocycles. The van der Waals surface area contributed by atoms with Crippen molar-refractivity contribution in [2.24, 2.45) is 0 Å². The van der Waals surface area contributed by atoms with Crippen LogP contribution in [0, 0.1) is 0 Å². The van der Waals surface area contributed by atoms with Gasteiger partial charge in [0, 0.05) is 6.04 Å². The maximum absolute atomic E-state index is 11.8. The van der Waals surface area contributed by atoms with Gasteiger partial charge in [-0.05, 0) is 38.1 Å². The summed E-state index contributed by atoms with van der Waals surface area (Å²) < 4.78 is 10.9. The van der Waals surface area contributed by atoms with E-state index < -0.39 is 11.9 Å². The molecule has 0 fully saturated rings. The quantitative estimate of drug-likeness (QED) is 0.737. The van der Waals surface area contributed by atoms with E-state index in [9.17, 15) is 9.59 Å². The average Bonchev–Trinajstić information content (AvgIpc) is 3.00. The van der Waals surface area contributed by atoms with Crippen LogP contribution < -0.4 is 20.9 Å². The molecule has 0 atom stereocenters. The van der Waals surface area contributed by atoms with Gasteiger partial charge in [0.15, 0.2) is 5.76 Å². The Morgan fingerprint density at radius 1 is 1.09 bits per heavy atom. The predicted molar refractivity (Wildman–Crippen MR) is 83.8 cm³/mol. The number of nitrogens with one attached hydrogen (secondary N) is 3. The topological polar surface area (TPSA) is 92.6 Å². The molecular formula is C16H19N3O4. The summed E-state index contributed by atoms with van der Waals surface area (Å²) in [6.07, 6.45) is 0. The number of rotatable bonds is 5. The SMILES string of the molecule is CC(C)NC(=O)NNC(=O)c1ccc(COc2ccccc2)o1. The molecule has 1 aromatic carbocycles. The molecule has 2 aromatic rings. The molecule has 0 radical (unpaired) electrons. The van der Waals surface area contributed by atoms with E-state index in [0.717, 1.165) is 0 Å². The van der Waals surface area contributed by atoms with Crippen molar-refractivity contribution < 1.29 is 18.7 Å². The van der Waals surface area contributed by atoms with Crippen LogP contribution >= 0.6 is 0 Å². The van der Waals surface area contributed by atoms with Crippen LogP contribution in [0.1, 0.15) is 30.2 Å². The zero-order chi connectivity index (χ0) is 16.7. The third-order valence-corrected chi connectivity index (χ3v) is 2.72. The summed E-state index contributed by atoms with van der Waals surface area (Å²) >= 11 is 0. The second-order valence-electron chi connectivity index (χ2n) is 5.07. The number of benzene rings is 1. The second kappa shape index (κ2) is 7.88. The fourth-order valence-corrected chi connectivity index (χ4v) is 1.72. The Hall–Kier alpha value is -2.96. The number of carbonyl (C=O) groups is 2. The Labute approximate surface area is 134 Å². The largest absolute Gasteiger partial charge is 0.486 e. The first-order valence-electron chi connectivity index (χ1n) is 7.18. The molecule has 2 rings (SSSR count). The molecule has 0 unspecified atom stereocenters. The summed E-state index contributed by atoms with van der Waals surface area (Å²) in [6, 6.07) is 11.9. The summed E-state index contributed by atoms with van der Waals surface area (Å²) in [5.41, 5.74) is 4.49. The van der Waals surface area contributed by atoms with Gasteiger partial charge in [-0.3, -0.25) is 10.2 Å². The van der Waals surface area contributed by atoms with Gasteiger partial charge in [0.2, 0.25) is 0 Å². The minimum Gasteiger partial charge on any atom is -0.486 e. The lowest BCUT2D eigenvalue weighted by atomic mass is 10.3. The van der Waals surface area contributed by atoms with Gasteiger partial charge in [0.05, 0.1) is 0 Å². The second-order valence-corrected chi connectivity index (χ2v) is 5.07. The van der Waals surface area contributed by atoms with E-state index in [1.807, 2.05) is 44.2 Å². The van der Waals surface area contributed by atoms with Crippen LogP contribution in [0.2, 0.25) is 0 Å². The Kier molecular flexibility index (Phi) is 5.62. The highest BCUT2D eigenvalue weighted by Gasteiger charge is 2.12. The first-order chi connectivity index (χ1) is 11.0. The van der Waals surface area contributed by atoms with Crippen molar-refractivity contribution in [2.45, 2.75) is 26.5 Å². The Bertz CT molecular complexity index is 652.